The first-order valence-corrected chi connectivity index (χ1v) is 5.40. The lowest BCUT2D eigenvalue weighted by Crippen LogP contribution is -2.25. The number of ether oxygens (including phenoxy) is 2. The van der Waals surface area contributed by atoms with Gasteiger partial charge in [0.05, 0.1) is 17.6 Å². The van der Waals surface area contributed by atoms with Gasteiger partial charge in [-0.15, -0.1) is 0 Å². The van der Waals surface area contributed by atoms with Gasteiger partial charge in [-0.1, -0.05) is 6.07 Å². The fourth-order valence-electron chi connectivity index (χ4n) is 1.38. The minimum absolute atomic E-state index is 0.00746. The maximum atomic E-state index is 11.7. The molecule has 102 valence electrons. The van der Waals surface area contributed by atoms with Crippen LogP contribution in [-0.2, 0) is 14.3 Å². The van der Waals surface area contributed by atoms with Crippen molar-refractivity contribution in [2.75, 3.05) is 7.11 Å². The molecule has 0 radical (unpaired) electrons. The van der Waals surface area contributed by atoms with E-state index in [1.807, 2.05) is 0 Å². The minimum atomic E-state index is -1.07. The summed E-state index contributed by atoms with van der Waals surface area (Å²) in [6.45, 7) is 2.91. The normalized spacial score (nSPS) is 11.5. The largest absolute Gasteiger partial charge is 0.466 e. The second kappa shape index (κ2) is 5.94. The second-order valence-corrected chi connectivity index (χ2v) is 3.83. The van der Waals surface area contributed by atoms with E-state index in [-0.39, 0.29) is 11.3 Å². The number of nitro groups is 1. The van der Waals surface area contributed by atoms with Gasteiger partial charge in [-0.05, 0) is 19.9 Å². The van der Waals surface area contributed by atoms with Crippen LogP contribution in [0, 0.1) is 17.0 Å². The lowest BCUT2D eigenvalue weighted by molar-refractivity contribution is -0.385. The summed E-state index contributed by atoms with van der Waals surface area (Å²) in [6, 6.07) is 3.95. The highest BCUT2D eigenvalue weighted by molar-refractivity contribution is 5.92. The fraction of sp³-hybridized carbons (Fsp3) is 0.333. The predicted octanol–water partition coefficient (Wildman–Crippen LogP) is 1.62. The molecule has 0 aromatic heterocycles. The molecule has 1 aromatic carbocycles. The standard InChI is InChI=1S/C12H13NO6/c1-7-4-5-9(6-10(7)13(16)17)12(15)19-8(2)11(14)18-3/h4-6,8H,1-3H3/t8-/m1/s1. The SMILES string of the molecule is COC(=O)[C@@H](C)OC(=O)c1ccc(C)c([N+](=O)[O-])c1. The van der Waals surface area contributed by atoms with Crippen molar-refractivity contribution >= 4 is 17.6 Å². The molecule has 0 aliphatic carbocycles. The van der Waals surface area contributed by atoms with E-state index >= 15 is 0 Å². The Morgan fingerprint density at radius 2 is 2.00 bits per heavy atom. The maximum Gasteiger partial charge on any atom is 0.346 e. The lowest BCUT2D eigenvalue weighted by atomic mass is 10.1. The van der Waals surface area contributed by atoms with Crippen LogP contribution < -0.4 is 0 Å². The second-order valence-electron chi connectivity index (χ2n) is 3.83. The van der Waals surface area contributed by atoms with Crippen molar-refractivity contribution < 1.29 is 24.0 Å². The van der Waals surface area contributed by atoms with Gasteiger partial charge in [0.25, 0.3) is 5.69 Å². The smallest absolute Gasteiger partial charge is 0.346 e. The maximum absolute atomic E-state index is 11.7. The number of rotatable bonds is 4. The highest BCUT2D eigenvalue weighted by Gasteiger charge is 2.21. The molecule has 0 N–H and O–H groups in total. The van der Waals surface area contributed by atoms with Crippen molar-refractivity contribution in [2.24, 2.45) is 0 Å². The predicted molar refractivity (Wildman–Crippen MR) is 64.7 cm³/mol. The Kier molecular flexibility index (Phi) is 4.57. The van der Waals surface area contributed by atoms with Crippen molar-refractivity contribution in [3.63, 3.8) is 0 Å². The van der Waals surface area contributed by atoms with Crippen LogP contribution in [0.2, 0.25) is 0 Å². The molecular formula is C12H13NO6. The molecule has 1 rings (SSSR count). The number of hydrogen-bond acceptors (Lipinski definition) is 6. The van der Waals surface area contributed by atoms with Crippen LogP contribution in [0.1, 0.15) is 22.8 Å². The third-order valence-electron chi connectivity index (χ3n) is 2.46. The first kappa shape index (κ1) is 14.6. The molecule has 0 spiro atoms. The van der Waals surface area contributed by atoms with Crippen LogP contribution in [0.15, 0.2) is 18.2 Å². The topological polar surface area (TPSA) is 95.7 Å². The molecule has 0 unspecified atom stereocenters. The highest BCUT2D eigenvalue weighted by Crippen LogP contribution is 2.20. The average Bonchev–Trinajstić information content (AvgIpc) is 2.37. The van der Waals surface area contributed by atoms with Crippen LogP contribution in [0.5, 0.6) is 0 Å². The van der Waals surface area contributed by atoms with Gasteiger partial charge in [-0.25, -0.2) is 9.59 Å². The number of carbonyl (C=O) groups excluding carboxylic acids is 2. The van der Waals surface area contributed by atoms with Crippen LogP contribution in [0.3, 0.4) is 0 Å². The zero-order valence-electron chi connectivity index (χ0n) is 10.7. The van der Waals surface area contributed by atoms with E-state index in [1.54, 1.807) is 6.92 Å². The summed E-state index contributed by atoms with van der Waals surface area (Å²) in [5.41, 5.74) is 0.260. The molecule has 0 saturated heterocycles. The van der Waals surface area contributed by atoms with Crippen LogP contribution >= 0.6 is 0 Å². The van der Waals surface area contributed by atoms with E-state index in [2.05, 4.69) is 4.74 Å². The monoisotopic (exact) mass is 267 g/mol. The summed E-state index contributed by atoms with van der Waals surface area (Å²) in [6.07, 6.45) is -1.07. The van der Waals surface area contributed by atoms with Crippen LogP contribution in [0.25, 0.3) is 0 Å². The third-order valence-corrected chi connectivity index (χ3v) is 2.46. The van der Waals surface area contributed by atoms with Crippen molar-refractivity contribution in [1.82, 2.24) is 0 Å². The number of benzene rings is 1. The summed E-state index contributed by atoms with van der Waals surface area (Å²) in [7, 11) is 1.17. The highest BCUT2D eigenvalue weighted by atomic mass is 16.6. The Balaban J connectivity index is 2.92. The Hall–Kier alpha value is -2.44. The van der Waals surface area contributed by atoms with Gasteiger partial charge < -0.3 is 9.47 Å². The summed E-state index contributed by atoms with van der Waals surface area (Å²) >= 11 is 0. The van der Waals surface area contributed by atoms with Crippen molar-refractivity contribution in [2.45, 2.75) is 20.0 Å². The first-order valence-electron chi connectivity index (χ1n) is 5.40. The third kappa shape index (κ3) is 3.51. The molecule has 0 saturated carbocycles. The summed E-state index contributed by atoms with van der Waals surface area (Å²) in [5, 5.41) is 10.8. The average molecular weight is 267 g/mol. The molecule has 0 bridgehead atoms. The number of carbonyl (C=O) groups is 2. The molecule has 7 heteroatoms. The Morgan fingerprint density at radius 3 is 2.53 bits per heavy atom. The molecule has 0 aliphatic rings. The van der Waals surface area contributed by atoms with Crippen LogP contribution in [-0.4, -0.2) is 30.1 Å². The van der Waals surface area contributed by atoms with Gasteiger partial charge in [0.2, 0.25) is 0 Å². The molecule has 1 atom stereocenters. The van der Waals surface area contributed by atoms with Gasteiger partial charge in [0.15, 0.2) is 6.10 Å². The van der Waals surface area contributed by atoms with Crippen molar-refractivity contribution in [3.05, 3.63) is 39.4 Å². The van der Waals surface area contributed by atoms with Gasteiger partial charge in [0, 0.05) is 11.6 Å². The fourth-order valence-corrected chi connectivity index (χ4v) is 1.38. The molecular weight excluding hydrogens is 254 g/mol. The molecule has 0 fully saturated rings. The molecule has 0 aliphatic heterocycles. The number of hydrogen-bond donors (Lipinski definition) is 0. The Bertz CT molecular complexity index is 525. The zero-order chi connectivity index (χ0) is 14.6. The summed E-state index contributed by atoms with van der Waals surface area (Å²) in [4.78, 5) is 33.0. The molecule has 1 aromatic rings. The van der Waals surface area contributed by atoms with Crippen LogP contribution in [0.4, 0.5) is 5.69 Å². The quantitative estimate of drug-likeness (QED) is 0.467. The number of nitro benzene ring substituents is 1. The molecule has 0 amide bonds. The Morgan fingerprint density at radius 1 is 1.37 bits per heavy atom. The van der Waals surface area contributed by atoms with E-state index in [9.17, 15) is 19.7 Å². The van der Waals surface area contributed by atoms with E-state index in [0.29, 0.717) is 5.56 Å². The number of esters is 2. The summed E-state index contributed by atoms with van der Waals surface area (Å²) in [5.74, 6) is -1.52. The van der Waals surface area contributed by atoms with E-state index < -0.39 is 23.0 Å². The first-order chi connectivity index (χ1) is 8.86. The zero-order valence-corrected chi connectivity index (χ0v) is 10.7. The van der Waals surface area contributed by atoms with Gasteiger partial charge in [-0.2, -0.15) is 0 Å². The molecule has 7 nitrogen and oxygen atoms in total. The van der Waals surface area contributed by atoms with E-state index in [4.69, 9.17) is 4.74 Å². The lowest BCUT2D eigenvalue weighted by Gasteiger charge is -2.10. The summed E-state index contributed by atoms with van der Waals surface area (Å²) < 4.78 is 9.23. The van der Waals surface area contributed by atoms with Crippen molar-refractivity contribution in [1.29, 1.82) is 0 Å². The van der Waals surface area contributed by atoms with Gasteiger partial charge in [0.1, 0.15) is 0 Å². The minimum Gasteiger partial charge on any atom is -0.466 e. The number of methoxy groups -OCH3 is 1. The molecule has 19 heavy (non-hydrogen) atoms. The van der Waals surface area contributed by atoms with Gasteiger partial charge in [-0.3, -0.25) is 10.1 Å². The van der Waals surface area contributed by atoms with E-state index in [1.165, 1.54) is 26.2 Å². The van der Waals surface area contributed by atoms with E-state index in [0.717, 1.165) is 6.07 Å². The Labute approximate surface area is 109 Å². The molecule has 0 heterocycles. The number of nitrogens with zero attached hydrogens (tertiary/aromatic N) is 1. The van der Waals surface area contributed by atoms with Gasteiger partial charge >= 0.3 is 11.9 Å². The number of aryl methyl sites for hydroxylation is 1. The van der Waals surface area contributed by atoms with Crippen molar-refractivity contribution in [3.8, 4) is 0 Å².